The first-order valence-electron chi connectivity index (χ1n) is 5.46. The number of hydrogen-bond donors (Lipinski definition) is 1. The highest BCUT2D eigenvalue weighted by atomic mass is 16.5. The van der Waals surface area contributed by atoms with Crippen molar-refractivity contribution in [3.8, 4) is 0 Å². The van der Waals surface area contributed by atoms with Crippen LogP contribution in [0, 0.1) is 0 Å². The van der Waals surface area contributed by atoms with E-state index < -0.39 is 0 Å². The lowest BCUT2D eigenvalue weighted by Crippen LogP contribution is -2.21. The summed E-state index contributed by atoms with van der Waals surface area (Å²) in [6, 6.07) is 0. The second-order valence-corrected chi connectivity index (χ2v) is 3.73. The van der Waals surface area contributed by atoms with E-state index >= 15 is 0 Å². The Morgan fingerprint density at radius 3 is 2.93 bits per heavy atom. The monoisotopic (exact) mass is 212 g/mol. The zero-order chi connectivity index (χ0) is 11.1. The maximum absolute atomic E-state index is 5.44. The van der Waals surface area contributed by atoms with Crippen LogP contribution >= 0.6 is 0 Å². The SMILES string of the molecule is CCCc1nc(CN(C)CCCN)no1. The molecule has 1 rings (SSSR count). The van der Waals surface area contributed by atoms with E-state index in [-0.39, 0.29) is 0 Å². The summed E-state index contributed by atoms with van der Waals surface area (Å²) in [7, 11) is 2.03. The zero-order valence-electron chi connectivity index (χ0n) is 9.57. The molecular weight excluding hydrogens is 192 g/mol. The minimum atomic E-state index is 0.720. The molecule has 0 spiro atoms. The fourth-order valence-corrected chi connectivity index (χ4v) is 1.35. The molecule has 5 nitrogen and oxygen atoms in total. The maximum Gasteiger partial charge on any atom is 0.226 e. The summed E-state index contributed by atoms with van der Waals surface area (Å²) in [4.78, 5) is 6.44. The van der Waals surface area contributed by atoms with E-state index in [4.69, 9.17) is 10.3 Å². The Labute approximate surface area is 90.6 Å². The average molecular weight is 212 g/mol. The van der Waals surface area contributed by atoms with Gasteiger partial charge in [-0.1, -0.05) is 12.1 Å². The van der Waals surface area contributed by atoms with E-state index in [0.29, 0.717) is 0 Å². The molecule has 0 unspecified atom stereocenters. The predicted octanol–water partition coefficient (Wildman–Crippen LogP) is 0.803. The van der Waals surface area contributed by atoms with Crippen molar-refractivity contribution in [3.05, 3.63) is 11.7 Å². The van der Waals surface area contributed by atoms with Gasteiger partial charge in [-0.25, -0.2) is 0 Å². The van der Waals surface area contributed by atoms with Crippen molar-refractivity contribution in [2.45, 2.75) is 32.7 Å². The minimum Gasteiger partial charge on any atom is -0.339 e. The van der Waals surface area contributed by atoms with E-state index in [2.05, 4.69) is 22.0 Å². The second-order valence-electron chi connectivity index (χ2n) is 3.73. The highest BCUT2D eigenvalue weighted by molar-refractivity contribution is 4.86. The highest BCUT2D eigenvalue weighted by Gasteiger charge is 2.07. The van der Waals surface area contributed by atoms with Crippen LogP contribution in [-0.4, -0.2) is 35.2 Å². The van der Waals surface area contributed by atoms with Gasteiger partial charge in [-0.15, -0.1) is 0 Å². The fourth-order valence-electron chi connectivity index (χ4n) is 1.35. The number of nitrogens with two attached hydrogens (primary N) is 1. The standard InChI is InChI=1S/C10H20N4O/c1-3-5-10-12-9(13-15-10)8-14(2)7-4-6-11/h3-8,11H2,1-2H3. The Morgan fingerprint density at radius 2 is 2.27 bits per heavy atom. The third kappa shape index (κ3) is 4.40. The molecule has 0 aliphatic carbocycles. The molecule has 1 heterocycles. The van der Waals surface area contributed by atoms with E-state index in [9.17, 15) is 0 Å². The summed E-state index contributed by atoms with van der Waals surface area (Å²) in [6.07, 6.45) is 2.89. The molecule has 0 aliphatic rings. The molecule has 0 saturated carbocycles. The summed E-state index contributed by atoms with van der Waals surface area (Å²) in [5.74, 6) is 1.50. The Balaban J connectivity index is 2.35. The highest BCUT2D eigenvalue weighted by Crippen LogP contribution is 2.02. The fraction of sp³-hybridized carbons (Fsp3) is 0.800. The van der Waals surface area contributed by atoms with Crippen molar-refractivity contribution in [1.29, 1.82) is 0 Å². The van der Waals surface area contributed by atoms with E-state index in [0.717, 1.165) is 50.6 Å². The van der Waals surface area contributed by atoms with E-state index in [1.807, 2.05) is 7.05 Å². The smallest absolute Gasteiger partial charge is 0.226 e. The Hall–Kier alpha value is -0.940. The first kappa shape index (κ1) is 12.1. The van der Waals surface area contributed by atoms with Crippen molar-refractivity contribution in [2.75, 3.05) is 20.1 Å². The van der Waals surface area contributed by atoms with Gasteiger partial charge in [0.05, 0.1) is 6.54 Å². The van der Waals surface area contributed by atoms with Gasteiger partial charge in [0.15, 0.2) is 5.82 Å². The van der Waals surface area contributed by atoms with Crippen LogP contribution in [0.3, 0.4) is 0 Å². The lowest BCUT2D eigenvalue weighted by Gasteiger charge is -2.12. The molecule has 0 fully saturated rings. The summed E-state index contributed by atoms with van der Waals surface area (Å²) < 4.78 is 5.10. The van der Waals surface area contributed by atoms with Crippen LogP contribution in [0.5, 0.6) is 0 Å². The van der Waals surface area contributed by atoms with Gasteiger partial charge < -0.3 is 10.3 Å². The topological polar surface area (TPSA) is 68.2 Å². The molecule has 1 aromatic rings. The largest absolute Gasteiger partial charge is 0.339 e. The molecule has 0 aromatic carbocycles. The molecule has 0 aliphatic heterocycles. The maximum atomic E-state index is 5.44. The van der Waals surface area contributed by atoms with Gasteiger partial charge in [-0.3, -0.25) is 4.90 Å². The van der Waals surface area contributed by atoms with Crippen molar-refractivity contribution in [2.24, 2.45) is 5.73 Å². The van der Waals surface area contributed by atoms with Gasteiger partial charge in [0, 0.05) is 6.42 Å². The molecule has 0 radical (unpaired) electrons. The van der Waals surface area contributed by atoms with Crippen molar-refractivity contribution < 1.29 is 4.52 Å². The van der Waals surface area contributed by atoms with Gasteiger partial charge in [-0.05, 0) is 33.0 Å². The number of aromatic nitrogens is 2. The Bertz CT molecular complexity index is 274. The van der Waals surface area contributed by atoms with Crippen molar-refractivity contribution >= 4 is 0 Å². The molecule has 1 aromatic heterocycles. The lowest BCUT2D eigenvalue weighted by atomic mass is 10.3. The van der Waals surface area contributed by atoms with Crippen LogP contribution in [0.15, 0.2) is 4.52 Å². The second kappa shape index (κ2) is 6.53. The number of rotatable bonds is 7. The number of hydrogen-bond acceptors (Lipinski definition) is 5. The molecule has 15 heavy (non-hydrogen) atoms. The average Bonchev–Trinajstić information content (AvgIpc) is 2.63. The molecule has 86 valence electrons. The first-order chi connectivity index (χ1) is 7.26. The molecular formula is C10H20N4O. The number of aryl methyl sites for hydroxylation is 1. The molecule has 0 atom stereocenters. The van der Waals surface area contributed by atoms with Crippen LogP contribution in [0.2, 0.25) is 0 Å². The third-order valence-electron chi connectivity index (χ3n) is 2.13. The summed E-state index contributed by atoms with van der Waals surface area (Å²) in [5.41, 5.74) is 5.44. The lowest BCUT2D eigenvalue weighted by molar-refractivity contribution is 0.304. The van der Waals surface area contributed by atoms with Gasteiger partial charge in [-0.2, -0.15) is 4.98 Å². The molecule has 0 amide bonds. The number of nitrogens with zero attached hydrogens (tertiary/aromatic N) is 3. The molecule has 0 bridgehead atoms. The minimum absolute atomic E-state index is 0.720. The summed E-state index contributed by atoms with van der Waals surface area (Å²) in [6.45, 7) is 4.51. The van der Waals surface area contributed by atoms with Crippen LogP contribution in [0.25, 0.3) is 0 Å². The van der Waals surface area contributed by atoms with Gasteiger partial charge in [0.25, 0.3) is 0 Å². The van der Waals surface area contributed by atoms with Gasteiger partial charge in [0.2, 0.25) is 5.89 Å². The van der Waals surface area contributed by atoms with Crippen molar-refractivity contribution in [3.63, 3.8) is 0 Å². The van der Waals surface area contributed by atoms with E-state index in [1.54, 1.807) is 0 Å². The quantitative estimate of drug-likeness (QED) is 0.724. The molecule has 5 heteroatoms. The molecule has 2 N–H and O–H groups in total. The Kier molecular flexibility index (Phi) is 5.28. The predicted molar refractivity (Wildman–Crippen MR) is 58.3 cm³/mol. The van der Waals surface area contributed by atoms with Crippen molar-refractivity contribution in [1.82, 2.24) is 15.0 Å². The van der Waals surface area contributed by atoms with Crippen LogP contribution < -0.4 is 5.73 Å². The summed E-state index contributed by atoms with van der Waals surface area (Å²) in [5, 5.41) is 3.92. The van der Waals surface area contributed by atoms with Crippen LogP contribution in [-0.2, 0) is 13.0 Å². The third-order valence-corrected chi connectivity index (χ3v) is 2.13. The van der Waals surface area contributed by atoms with Gasteiger partial charge in [0.1, 0.15) is 0 Å². The Morgan fingerprint density at radius 1 is 1.47 bits per heavy atom. The zero-order valence-corrected chi connectivity index (χ0v) is 9.57. The van der Waals surface area contributed by atoms with Crippen LogP contribution in [0.4, 0.5) is 0 Å². The summed E-state index contributed by atoms with van der Waals surface area (Å²) >= 11 is 0. The molecule has 0 saturated heterocycles. The normalized spacial score (nSPS) is 11.2. The first-order valence-corrected chi connectivity index (χ1v) is 5.46. The van der Waals surface area contributed by atoms with Gasteiger partial charge >= 0.3 is 0 Å². The van der Waals surface area contributed by atoms with E-state index in [1.165, 1.54) is 0 Å². The van der Waals surface area contributed by atoms with Crippen LogP contribution in [0.1, 0.15) is 31.5 Å².